The Bertz CT molecular complexity index is 1080. The van der Waals surface area contributed by atoms with E-state index >= 15 is 0 Å². The maximum atomic E-state index is 12.2. The molecule has 1 aliphatic carbocycles. The molecular formula is C19H18N4O3S2. The Labute approximate surface area is 166 Å². The third kappa shape index (κ3) is 4.55. The first kappa shape index (κ1) is 18.6. The standard InChI is InChI=1S/C19H18N4O3S2/c24-18(10-15-12-27-19(22-15)23-28(25,26)16-7-8-16)21-14-6-9-17(20-11-14)13-4-2-1-3-5-13/h1-6,9,11-12,16H,7-8,10H2,(H,21,24)(H,22,23). The van der Waals surface area contributed by atoms with Crippen molar-refractivity contribution in [3.8, 4) is 11.3 Å². The second kappa shape index (κ2) is 7.69. The van der Waals surface area contributed by atoms with Gasteiger partial charge in [-0.15, -0.1) is 11.3 Å². The number of benzene rings is 1. The molecule has 9 heteroatoms. The van der Waals surface area contributed by atoms with Crippen LogP contribution in [-0.4, -0.2) is 29.5 Å². The highest BCUT2D eigenvalue weighted by Gasteiger charge is 2.36. The molecule has 2 N–H and O–H groups in total. The Kier molecular flexibility index (Phi) is 5.10. The smallest absolute Gasteiger partial charge is 0.237 e. The molecule has 1 aromatic carbocycles. The van der Waals surface area contributed by atoms with Crippen molar-refractivity contribution in [2.24, 2.45) is 0 Å². The minimum Gasteiger partial charge on any atom is -0.324 e. The summed E-state index contributed by atoms with van der Waals surface area (Å²) in [6, 6.07) is 13.4. The van der Waals surface area contributed by atoms with Gasteiger partial charge in [-0.1, -0.05) is 30.3 Å². The summed E-state index contributed by atoms with van der Waals surface area (Å²) in [5.74, 6) is -0.240. The lowest BCUT2D eigenvalue weighted by molar-refractivity contribution is -0.115. The van der Waals surface area contributed by atoms with Crippen LogP contribution in [0, 0.1) is 0 Å². The lowest BCUT2D eigenvalue weighted by Crippen LogP contribution is -2.17. The van der Waals surface area contributed by atoms with E-state index in [1.807, 2.05) is 36.4 Å². The fourth-order valence-electron chi connectivity index (χ4n) is 2.64. The summed E-state index contributed by atoms with van der Waals surface area (Å²) in [4.78, 5) is 20.8. The number of carbonyl (C=O) groups excluding carboxylic acids is 1. The molecule has 1 fully saturated rings. The lowest BCUT2D eigenvalue weighted by Gasteiger charge is -2.05. The Morgan fingerprint density at radius 1 is 1.14 bits per heavy atom. The number of pyridine rings is 1. The van der Waals surface area contributed by atoms with Crippen LogP contribution >= 0.6 is 11.3 Å². The molecular weight excluding hydrogens is 396 g/mol. The normalized spacial score (nSPS) is 13.9. The molecule has 0 saturated heterocycles. The van der Waals surface area contributed by atoms with Crippen molar-refractivity contribution in [1.82, 2.24) is 9.97 Å². The van der Waals surface area contributed by atoms with Gasteiger partial charge in [0, 0.05) is 10.9 Å². The van der Waals surface area contributed by atoms with Gasteiger partial charge in [-0.05, 0) is 25.0 Å². The summed E-state index contributed by atoms with van der Waals surface area (Å²) in [5.41, 5.74) is 2.94. The van der Waals surface area contributed by atoms with Gasteiger partial charge >= 0.3 is 0 Å². The minimum absolute atomic E-state index is 0.0576. The first-order chi connectivity index (χ1) is 13.5. The second-order valence-electron chi connectivity index (χ2n) is 6.51. The van der Waals surface area contributed by atoms with Gasteiger partial charge in [-0.2, -0.15) is 0 Å². The molecule has 2 heterocycles. The molecule has 0 bridgehead atoms. The van der Waals surface area contributed by atoms with Gasteiger partial charge in [-0.3, -0.25) is 14.5 Å². The number of nitrogens with one attached hydrogen (secondary N) is 2. The summed E-state index contributed by atoms with van der Waals surface area (Å²) in [7, 11) is -3.34. The lowest BCUT2D eigenvalue weighted by atomic mass is 10.1. The molecule has 28 heavy (non-hydrogen) atoms. The molecule has 0 atom stereocenters. The number of hydrogen-bond acceptors (Lipinski definition) is 6. The van der Waals surface area contributed by atoms with Crippen molar-refractivity contribution in [2.45, 2.75) is 24.5 Å². The van der Waals surface area contributed by atoms with Crippen LogP contribution in [0.2, 0.25) is 0 Å². The Morgan fingerprint density at radius 3 is 2.61 bits per heavy atom. The number of anilines is 2. The van der Waals surface area contributed by atoms with Gasteiger partial charge in [0.15, 0.2) is 5.13 Å². The van der Waals surface area contributed by atoms with E-state index in [-0.39, 0.29) is 17.6 Å². The van der Waals surface area contributed by atoms with Crippen LogP contribution in [0.25, 0.3) is 11.3 Å². The summed E-state index contributed by atoms with van der Waals surface area (Å²) >= 11 is 1.18. The number of hydrogen-bond donors (Lipinski definition) is 2. The number of thiazole rings is 1. The summed E-state index contributed by atoms with van der Waals surface area (Å²) < 4.78 is 26.4. The largest absolute Gasteiger partial charge is 0.324 e. The van der Waals surface area contributed by atoms with Crippen molar-refractivity contribution in [3.63, 3.8) is 0 Å². The van der Waals surface area contributed by atoms with Gasteiger partial charge in [0.2, 0.25) is 15.9 Å². The average molecular weight is 415 g/mol. The van der Waals surface area contributed by atoms with Crippen LogP contribution in [0.15, 0.2) is 54.0 Å². The predicted octanol–water partition coefficient (Wildman–Crippen LogP) is 3.29. The number of rotatable bonds is 7. The fraction of sp³-hybridized carbons (Fsp3) is 0.211. The van der Waals surface area contributed by atoms with Crippen molar-refractivity contribution in [1.29, 1.82) is 0 Å². The average Bonchev–Trinajstić information content (AvgIpc) is 3.46. The maximum absolute atomic E-state index is 12.2. The molecule has 1 amide bonds. The molecule has 0 spiro atoms. The highest BCUT2D eigenvalue weighted by atomic mass is 32.2. The molecule has 0 aliphatic heterocycles. The number of nitrogens with zero attached hydrogens (tertiary/aromatic N) is 2. The fourth-order valence-corrected chi connectivity index (χ4v) is 4.94. The van der Waals surface area contributed by atoms with Gasteiger partial charge < -0.3 is 5.32 Å². The topological polar surface area (TPSA) is 101 Å². The zero-order valence-electron chi connectivity index (χ0n) is 14.8. The molecule has 144 valence electrons. The van der Waals surface area contributed by atoms with E-state index < -0.39 is 10.0 Å². The van der Waals surface area contributed by atoms with Crippen LogP contribution in [-0.2, 0) is 21.2 Å². The predicted molar refractivity (Wildman–Crippen MR) is 110 cm³/mol. The quantitative estimate of drug-likeness (QED) is 0.618. The number of aromatic nitrogens is 2. The van der Waals surface area contributed by atoms with Gasteiger partial charge in [0.05, 0.1) is 34.9 Å². The SMILES string of the molecule is O=C(Cc1csc(NS(=O)(=O)C2CC2)n1)Nc1ccc(-c2ccccc2)nc1. The van der Waals surface area contributed by atoms with Gasteiger partial charge in [-0.25, -0.2) is 13.4 Å². The molecule has 7 nitrogen and oxygen atoms in total. The number of sulfonamides is 1. The highest BCUT2D eigenvalue weighted by molar-refractivity contribution is 7.93. The highest BCUT2D eigenvalue weighted by Crippen LogP contribution is 2.30. The summed E-state index contributed by atoms with van der Waals surface area (Å²) in [6.07, 6.45) is 3.04. The monoisotopic (exact) mass is 414 g/mol. The second-order valence-corrected chi connectivity index (χ2v) is 9.33. The molecule has 1 aliphatic rings. The van der Waals surface area contributed by atoms with E-state index in [0.29, 0.717) is 29.4 Å². The molecule has 1 saturated carbocycles. The molecule has 4 rings (SSSR count). The summed E-state index contributed by atoms with van der Waals surface area (Å²) in [6.45, 7) is 0. The first-order valence-electron chi connectivity index (χ1n) is 8.77. The summed E-state index contributed by atoms with van der Waals surface area (Å²) in [5, 5.41) is 4.45. The number of carbonyl (C=O) groups is 1. The van der Waals surface area contributed by atoms with Gasteiger partial charge in [0.1, 0.15) is 0 Å². The number of amides is 1. The van der Waals surface area contributed by atoms with Gasteiger partial charge in [0.25, 0.3) is 0 Å². The third-order valence-electron chi connectivity index (χ3n) is 4.20. The van der Waals surface area contributed by atoms with E-state index in [2.05, 4.69) is 20.0 Å². The molecule has 2 aromatic heterocycles. The van der Waals surface area contributed by atoms with E-state index in [4.69, 9.17) is 0 Å². The minimum atomic E-state index is -3.34. The first-order valence-corrected chi connectivity index (χ1v) is 11.2. The third-order valence-corrected chi connectivity index (χ3v) is 6.97. The Morgan fingerprint density at radius 2 is 1.93 bits per heavy atom. The van der Waals surface area contributed by atoms with Crippen LogP contribution < -0.4 is 10.0 Å². The van der Waals surface area contributed by atoms with Crippen molar-refractivity contribution >= 4 is 38.1 Å². The van der Waals surface area contributed by atoms with Crippen molar-refractivity contribution in [3.05, 3.63) is 59.7 Å². The zero-order chi connectivity index (χ0) is 19.6. The van der Waals surface area contributed by atoms with Crippen LogP contribution in [0.4, 0.5) is 10.8 Å². The Hall–Kier alpha value is -2.78. The van der Waals surface area contributed by atoms with E-state index in [9.17, 15) is 13.2 Å². The van der Waals surface area contributed by atoms with Crippen molar-refractivity contribution < 1.29 is 13.2 Å². The Balaban J connectivity index is 1.34. The molecule has 0 radical (unpaired) electrons. The van der Waals surface area contributed by atoms with Crippen LogP contribution in [0.5, 0.6) is 0 Å². The van der Waals surface area contributed by atoms with Crippen LogP contribution in [0.1, 0.15) is 18.5 Å². The van der Waals surface area contributed by atoms with E-state index in [0.717, 1.165) is 11.3 Å². The zero-order valence-corrected chi connectivity index (χ0v) is 16.5. The van der Waals surface area contributed by atoms with E-state index in [1.54, 1.807) is 17.6 Å². The van der Waals surface area contributed by atoms with Crippen LogP contribution in [0.3, 0.4) is 0 Å². The molecule has 0 unspecified atom stereocenters. The van der Waals surface area contributed by atoms with E-state index in [1.165, 1.54) is 11.3 Å². The van der Waals surface area contributed by atoms with Crippen molar-refractivity contribution in [2.75, 3.05) is 10.0 Å². The maximum Gasteiger partial charge on any atom is 0.237 e. The molecule has 3 aromatic rings.